The van der Waals surface area contributed by atoms with Gasteiger partial charge in [-0.25, -0.2) is 9.48 Å². The number of nitrogens with zero attached hydrogens (tertiary/aromatic N) is 3. The lowest BCUT2D eigenvalue weighted by molar-refractivity contribution is -0.143. The third kappa shape index (κ3) is 3.48. The van der Waals surface area contributed by atoms with E-state index in [1.54, 1.807) is 4.90 Å². The third-order valence-electron chi connectivity index (χ3n) is 4.90. The lowest BCUT2D eigenvalue weighted by Crippen LogP contribution is -2.44. The number of amides is 2. The number of aliphatic carboxylic acids is 1. The topological polar surface area (TPSA) is 87.5 Å². The number of piperidine rings is 1. The lowest BCUT2D eigenvalue weighted by Gasteiger charge is -2.30. The zero-order chi connectivity index (χ0) is 18.8. The fraction of sp³-hybridized carbons (Fsp3) is 0.250. The average Bonchev–Trinajstić information content (AvgIpc) is 3.13. The molecule has 1 aliphatic heterocycles. The maximum absolute atomic E-state index is 12.4. The van der Waals surface area contributed by atoms with Crippen molar-refractivity contribution >= 4 is 28.6 Å². The Bertz CT molecular complexity index is 980. The summed E-state index contributed by atoms with van der Waals surface area (Å²) in [4.78, 5) is 25.2. The highest BCUT2D eigenvalue weighted by molar-refractivity contribution is 5.90. The summed E-state index contributed by atoms with van der Waals surface area (Å²) in [6.07, 6.45) is 3.14. The van der Waals surface area contributed by atoms with Crippen molar-refractivity contribution in [1.29, 1.82) is 0 Å². The van der Waals surface area contributed by atoms with Crippen LogP contribution in [0.4, 0.5) is 10.5 Å². The molecule has 2 amide bonds. The number of urea groups is 1. The monoisotopic (exact) mass is 364 g/mol. The van der Waals surface area contributed by atoms with Gasteiger partial charge in [0.25, 0.3) is 0 Å². The number of carbonyl (C=O) groups excluding carboxylic acids is 1. The number of hydrogen-bond donors (Lipinski definition) is 2. The number of carboxylic acid groups (broad SMARTS) is 1. The first-order chi connectivity index (χ1) is 13.1. The van der Waals surface area contributed by atoms with E-state index in [0.717, 1.165) is 16.6 Å². The molecule has 0 radical (unpaired) electrons. The van der Waals surface area contributed by atoms with Crippen molar-refractivity contribution in [2.75, 3.05) is 18.4 Å². The van der Waals surface area contributed by atoms with Gasteiger partial charge in [-0.2, -0.15) is 5.10 Å². The van der Waals surface area contributed by atoms with Gasteiger partial charge in [-0.05, 0) is 43.2 Å². The van der Waals surface area contributed by atoms with Crippen LogP contribution in [0.15, 0.2) is 54.7 Å². The second kappa shape index (κ2) is 7.11. The number of carbonyl (C=O) groups is 2. The number of aromatic nitrogens is 2. The van der Waals surface area contributed by atoms with Crippen molar-refractivity contribution in [3.8, 4) is 5.69 Å². The standard InChI is InChI=1S/C20H20N4O3/c25-19(26)15-5-3-11-23(13-15)20(27)22-16-7-9-17(10-8-16)24-18-6-2-1-4-14(18)12-21-24/h1-2,4,6-10,12,15H,3,5,11,13H2,(H,22,27)(H,25,26). The van der Waals surface area contributed by atoms with Gasteiger partial charge < -0.3 is 15.3 Å². The first-order valence-electron chi connectivity index (χ1n) is 8.94. The molecule has 1 saturated heterocycles. The summed E-state index contributed by atoms with van der Waals surface area (Å²) in [6, 6.07) is 15.1. The van der Waals surface area contributed by atoms with E-state index in [9.17, 15) is 9.59 Å². The largest absolute Gasteiger partial charge is 0.481 e. The second-order valence-corrected chi connectivity index (χ2v) is 6.72. The molecule has 138 valence electrons. The van der Waals surface area contributed by atoms with Gasteiger partial charge in [0.1, 0.15) is 0 Å². The van der Waals surface area contributed by atoms with Crippen LogP contribution in [-0.4, -0.2) is 44.9 Å². The summed E-state index contributed by atoms with van der Waals surface area (Å²) in [5.41, 5.74) is 2.58. The molecule has 1 atom stereocenters. The molecule has 0 saturated carbocycles. The SMILES string of the molecule is O=C(O)C1CCCN(C(=O)Nc2ccc(-n3ncc4ccccc43)cc2)C1. The molecule has 1 unspecified atom stereocenters. The first kappa shape index (κ1) is 17.1. The number of rotatable bonds is 3. The summed E-state index contributed by atoms with van der Waals surface area (Å²) >= 11 is 0. The lowest BCUT2D eigenvalue weighted by atomic mass is 9.99. The van der Waals surface area contributed by atoms with Crippen molar-refractivity contribution in [3.63, 3.8) is 0 Å². The smallest absolute Gasteiger partial charge is 0.321 e. The zero-order valence-corrected chi connectivity index (χ0v) is 14.7. The minimum absolute atomic E-state index is 0.249. The van der Waals surface area contributed by atoms with Crippen LogP contribution in [0.1, 0.15) is 12.8 Å². The van der Waals surface area contributed by atoms with E-state index in [1.165, 1.54) is 0 Å². The van der Waals surface area contributed by atoms with E-state index >= 15 is 0 Å². The van der Waals surface area contributed by atoms with Crippen molar-refractivity contribution in [2.24, 2.45) is 5.92 Å². The Morgan fingerprint density at radius 3 is 2.67 bits per heavy atom. The third-order valence-corrected chi connectivity index (χ3v) is 4.90. The highest BCUT2D eigenvalue weighted by atomic mass is 16.4. The average molecular weight is 364 g/mol. The Morgan fingerprint density at radius 1 is 1.11 bits per heavy atom. The van der Waals surface area contributed by atoms with Gasteiger partial charge in [0.05, 0.1) is 23.3 Å². The molecular formula is C20H20N4O3. The summed E-state index contributed by atoms with van der Waals surface area (Å²) in [5.74, 6) is -1.33. The van der Waals surface area contributed by atoms with Crippen molar-refractivity contribution in [3.05, 3.63) is 54.7 Å². The zero-order valence-electron chi connectivity index (χ0n) is 14.7. The Hall–Kier alpha value is -3.35. The number of carboxylic acids is 1. The fourth-order valence-electron chi connectivity index (χ4n) is 3.43. The van der Waals surface area contributed by atoms with Gasteiger partial charge in [0.15, 0.2) is 0 Å². The number of para-hydroxylation sites is 1. The number of anilines is 1. The number of benzene rings is 2. The van der Waals surface area contributed by atoms with Crippen LogP contribution in [-0.2, 0) is 4.79 Å². The van der Waals surface area contributed by atoms with Gasteiger partial charge in [0, 0.05) is 24.2 Å². The van der Waals surface area contributed by atoms with E-state index < -0.39 is 11.9 Å². The number of likely N-dealkylation sites (tertiary alicyclic amines) is 1. The molecule has 27 heavy (non-hydrogen) atoms. The summed E-state index contributed by atoms with van der Waals surface area (Å²) in [7, 11) is 0. The van der Waals surface area contributed by atoms with Crippen LogP contribution >= 0.6 is 0 Å². The van der Waals surface area contributed by atoms with Gasteiger partial charge in [0.2, 0.25) is 0 Å². The molecule has 0 aliphatic carbocycles. The Labute approximate surface area is 156 Å². The van der Waals surface area contributed by atoms with Gasteiger partial charge in [-0.15, -0.1) is 0 Å². The normalized spacial score (nSPS) is 17.0. The predicted octanol–water partition coefficient (Wildman–Crippen LogP) is 3.35. The number of hydrogen-bond acceptors (Lipinski definition) is 3. The van der Waals surface area contributed by atoms with Crippen LogP contribution in [0.5, 0.6) is 0 Å². The molecule has 4 rings (SSSR count). The first-order valence-corrected chi connectivity index (χ1v) is 8.94. The molecule has 0 bridgehead atoms. The molecule has 3 aromatic rings. The van der Waals surface area contributed by atoms with Crippen LogP contribution in [0, 0.1) is 5.92 Å². The van der Waals surface area contributed by atoms with E-state index in [1.807, 2.05) is 59.4 Å². The van der Waals surface area contributed by atoms with E-state index in [2.05, 4.69) is 10.4 Å². The van der Waals surface area contributed by atoms with Crippen molar-refractivity contribution < 1.29 is 14.7 Å². The number of nitrogens with one attached hydrogen (secondary N) is 1. The number of fused-ring (bicyclic) bond motifs is 1. The molecule has 1 aliphatic rings. The summed E-state index contributed by atoms with van der Waals surface area (Å²) in [5, 5.41) is 17.5. The van der Waals surface area contributed by atoms with E-state index in [-0.39, 0.29) is 12.6 Å². The van der Waals surface area contributed by atoms with E-state index in [4.69, 9.17) is 5.11 Å². The maximum atomic E-state index is 12.4. The van der Waals surface area contributed by atoms with Crippen LogP contribution < -0.4 is 5.32 Å². The molecule has 2 N–H and O–H groups in total. The molecule has 2 aromatic carbocycles. The van der Waals surface area contributed by atoms with Crippen LogP contribution in [0.25, 0.3) is 16.6 Å². The molecule has 0 spiro atoms. The van der Waals surface area contributed by atoms with E-state index in [0.29, 0.717) is 25.1 Å². The highest BCUT2D eigenvalue weighted by Crippen LogP contribution is 2.21. The summed E-state index contributed by atoms with van der Waals surface area (Å²) < 4.78 is 1.85. The van der Waals surface area contributed by atoms with Crippen LogP contribution in [0.3, 0.4) is 0 Å². The van der Waals surface area contributed by atoms with Gasteiger partial charge in [-0.1, -0.05) is 18.2 Å². The van der Waals surface area contributed by atoms with Crippen molar-refractivity contribution in [2.45, 2.75) is 12.8 Å². The van der Waals surface area contributed by atoms with Crippen LogP contribution in [0.2, 0.25) is 0 Å². The molecule has 1 fully saturated rings. The second-order valence-electron chi connectivity index (χ2n) is 6.72. The minimum Gasteiger partial charge on any atom is -0.481 e. The maximum Gasteiger partial charge on any atom is 0.321 e. The summed E-state index contributed by atoms with van der Waals surface area (Å²) in [6.45, 7) is 0.825. The molecule has 7 heteroatoms. The fourth-order valence-corrected chi connectivity index (χ4v) is 3.43. The molecule has 1 aromatic heterocycles. The predicted molar refractivity (Wildman–Crippen MR) is 102 cm³/mol. The molecule has 2 heterocycles. The Balaban J connectivity index is 1.46. The Kier molecular flexibility index (Phi) is 4.50. The quantitative estimate of drug-likeness (QED) is 0.746. The molecular weight excluding hydrogens is 344 g/mol. The van der Waals surface area contributed by atoms with Gasteiger partial charge >= 0.3 is 12.0 Å². The minimum atomic E-state index is -0.844. The van der Waals surface area contributed by atoms with Gasteiger partial charge in [-0.3, -0.25) is 4.79 Å². The Morgan fingerprint density at radius 2 is 1.89 bits per heavy atom. The molecule has 7 nitrogen and oxygen atoms in total. The van der Waals surface area contributed by atoms with Crippen molar-refractivity contribution in [1.82, 2.24) is 14.7 Å². The highest BCUT2D eigenvalue weighted by Gasteiger charge is 2.28.